The Morgan fingerprint density at radius 1 is 1.35 bits per heavy atom. The molecule has 0 spiro atoms. The molecule has 0 fully saturated rings. The largest absolute Gasteiger partial charge is 0.416 e. The molecule has 1 heterocycles. The number of nitrogens with two attached hydrogens (primary N) is 1. The highest BCUT2D eigenvalue weighted by molar-refractivity contribution is 7.16. The van der Waals surface area contributed by atoms with E-state index in [0.29, 0.717) is 16.5 Å². The number of nitrogen functional groups attached to an aromatic ring is 1. The van der Waals surface area contributed by atoms with Crippen LogP contribution in [0, 0.1) is 5.92 Å². The zero-order chi connectivity index (χ0) is 16.8. The molecule has 1 aromatic carbocycles. The van der Waals surface area contributed by atoms with Gasteiger partial charge in [-0.3, -0.25) is 4.79 Å². The first-order chi connectivity index (χ1) is 10.8. The van der Waals surface area contributed by atoms with Gasteiger partial charge >= 0.3 is 6.18 Å². The monoisotopic (exact) mass is 339 g/mol. The topological polar surface area (TPSA) is 43.1 Å². The Bertz CT molecular complexity index is 764. The van der Waals surface area contributed by atoms with Crippen molar-refractivity contribution in [1.29, 1.82) is 0 Å². The predicted molar refractivity (Wildman–Crippen MR) is 84.8 cm³/mol. The second-order valence-corrected chi connectivity index (χ2v) is 7.14. The number of anilines is 1. The Morgan fingerprint density at radius 3 is 2.78 bits per heavy atom. The fourth-order valence-corrected chi connectivity index (χ4v) is 4.28. The molecule has 1 aliphatic rings. The number of benzene rings is 1. The molecule has 2 nitrogen and oxygen atoms in total. The Kier molecular flexibility index (Phi) is 3.96. The maximum Gasteiger partial charge on any atom is 0.416 e. The molecule has 0 amide bonds. The highest BCUT2D eigenvalue weighted by Gasteiger charge is 2.32. The third-order valence-electron chi connectivity index (χ3n) is 4.22. The van der Waals surface area contributed by atoms with Crippen LogP contribution in [0.4, 0.5) is 18.2 Å². The first-order valence-corrected chi connectivity index (χ1v) is 8.21. The van der Waals surface area contributed by atoms with Gasteiger partial charge in [0, 0.05) is 10.4 Å². The molecule has 23 heavy (non-hydrogen) atoms. The summed E-state index contributed by atoms with van der Waals surface area (Å²) in [6, 6.07) is 4.53. The highest BCUT2D eigenvalue weighted by atomic mass is 32.1. The van der Waals surface area contributed by atoms with Gasteiger partial charge in [-0.1, -0.05) is 19.1 Å². The van der Waals surface area contributed by atoms with Gasteiger partial charge in [0.25, 0.3) is 0 Å². The van der Waals surface area contributed by atoms with E-state index in [1.165, 1.54) is 23.5 Å². The maximum atomic E-state index is 12.8. The van der Waals surface area contributed by atoms with Gasteiger partial charge in [0.05, 0.1) is 16.1 Å². The van der Waals surface area contributed by atoms with Gasteiger partial charge in [0.1, 0.15) is 0 Å². The average Bonchev–Trinajstić information content (AvgIpc) is 2.80. The van der Waals surface area contributed by atoms with Crippen LogP contribution in [0.5, 0.6) is 0 Å². The number of rotatable bonds is 2. The standard InChI is InChI=1S/C17H16F3NOS/c1-9-5-6-12-13(7-9)23-16(21)14(12)15(22)10-3-2-4-11(8-10)17(18,19)20/h2-4,8-9H,5-7,21H2,1H3. The van der Waals surface area contributed by atoms with Crippen molar-refractivity contribution in [3.63, 3.8) is 0 Å². The van der Waals surface area contributed by atoms with Crippen molar-refractivity contribution < 1.29 is 18.0 Å². The molecule has 1 aliphatic carbocycles. The molecule has 122 valence electrons. The molecule has 6 heteroatoms. The van der Waals surface area contributed by atoms with Crippen molar-refractivity contribution in [2.75, 3.05) is 5.73 Å². The summed E-state index contributed by atoms with van der Waals surface area (Å²) in [4.78, 5) is 13.8. The fourth-order valence-electron chi connectivity index (χ4n) is 3.00. The summed E-state index contributed by atoms with van der Waals surface area (Å²) in [6.45, 7) is 2.15. The van der Waals surface area contributed by atoms with Crippen LogP contribution in [0.3, 0.4) is 0 Å². The van der Waals surface area contributed by atoms with Crippen LogP contribution >= 0.6 is 11.3 Å². The lowest BCUT2D eigenvalue weighted by atomic mass is 9.86. The Morgan fingerprint density at radius 2 is 2.09 bits per heavy atom. The summed E-state index contributed by atoms with van der Waals surface area (Å²) < 4.78 is 38.5. The summed E-state index contributed by atoms with van der Waals surface area (Å²) in [5, 5.41) is 0.409. The van der Waals surface area contributed by atoms with E-state index in [-0.39, 0.29) is 5.56 Å². The molecule has 0 saturated carbocycles. The minimum Gasteiger partial charge on any atom is -0.390 e. The predicted octanol–water partition coefficient (Wildman–Crippen LogP) is 4.70. The van der Waals surface area contributed by atoms with Gasteiger partial charge in [0.15, 0.2) is 5.78 Å². The van der Waals surface area contributed by atoms with Gasteiger partial charge < -0.3 is 5.73 Å². The number of hydrogen-bond acceptors (Lipinski definition) is 3. The summed E-state index contributed by atoms with van der Waals surface area (Å²) in [6.07, 6.45) is -1.87. The number of ketones is 1. The van der Waals surface area contributed by atoms with Gasteiger partial charge in [-0.2, -0.15) is 13.2 Å². The molecular formula is C17H16F3NOS. The van der Waals surface area contributed by atoms with Crippen LogP contribution in [0.25, 0.3) is 0 Å². The minimum atomic E-state index is -4.47. The third kappa shape index (κ3) is 3.00. The Balaban J connectivity index is 2.02. The van der Waals surface area contributed by atoms with E-state index < -0.39 is 17.5 Å². The fraction of sp³-hybridized carbons (Fsp3) is 0.353. The lowest BCUT2D eigenvalue weighted by Gasteiger charge is -2.18. The molecule has 1 aromatic heterocycles. The Labute approximate surface area is 136 Å². The van der Waals surface area contributed by atoms with Crippen molar-refractivity contribution in [3.8, 4) is 0 Å². The number of alkyl halides is 3. The zero-order valence-electron chi connectivity index (χ0n) is 12.5. The van der Waals surface area contributed by atoms with Crippen LogP contribution in [-0.2, 0) is 19.0 Å². The van der Waals surface area contributed by atoms with Gasteiger partial charge in [-0.25, -0.2) is 0 Å². The van der Waals surface area contributed by atoms with Crippen LogP contribution in [0.2, 0.25) is 0 Å². The van der Waals surface area contributed by atoms with Gasteiger partial charge in [-0.15, -0.1) is 11.3 Å². The van der Waals surface area contributed by atoms with E-state index in [1.54, 1.807) is 0 Å². The second kappa shape index (κ2) is 5.67. The summed E-state index contributed by atoms with van der Waals surface area (Å²) in [5.74, 6) is 0.123. The van der Waals surface area contributed by atoms with E-state index in [4.69, 9.17) is 5.73 Å². The van der Waals surface area contributed by atoms with Crippen molar-refractivity contribution in [2.24, 2.45) is 5.92 Å². The number of hydrogen-bond donors (Lipinski definition) is 1. The smallest absolute Gasteiger partial charge is 0.390 e. The minimum absolute atomic E-state index is 0.0331. The van der Waals surface area contributed by atoms with Crippen molar-refractivity contribution in [2.45, 2.75) is 32.4 Å². The molecular weight excluding hydrogens is 323 g/mol. The van der Waals surface area contributed by atoms with Crippen LogP contribution in [-0.4, -0.2) is 5.78 Å². The average molecular weight is 339 g/mol. The maximum absolute atomic E-state index is 12.8. The molecule has 0 bridgehead atoms. The van der Waals surface area contributed by atoms with E-state index in [9.17, 15) is 18.0 Å². The number of carbonyl (C=O) groups is 1. The van der Waals surface area contributed by atoms with E-state index >= 15 is 0 Å². The quantitative estimate of drug-likeness (QED) is 0.806. The van der Waals surface area contributed by atoms with Crippen LogP contribution in [0.15, 0.2) is 24.3 Å². The molecule has 2 N–H and O–H groups in total. The normalized spacial score (nSPS) is 17.8. The van der Waals surface area contributed by atoms with Gasteiger partial charge in [-0.05, 0) is 42.9 Å². The molecule has 0 aliphatic heterocycles. The summed E-state index contributed by atoms with van der Waals surface area (Å²) in [5.41, 5.74) is 6.54. The van der Waals surface area contributed by atoms with Crippen molar-refractivity contribution in [3.05, 3.63) is 51.4 Å². The Hall–Kier alpha value is -1.82. The lowest BCUT2D eigenvalue weighted by molar-refractivity contribution is -0.137. The molecule has 1 atom stereocenters. The molecule has 0 saturated heterocycles. The second-order valence-electron chi connectivity index (χ2n) is 6.00. The summed E-state index contributed by atoms with van der Waals surface area (Å²) in [7, 11) is 0. The van der Waals surface area contributed by atoms with Crippen LogP contribution < -0.4 is 5.73 Å². The van der Waals surface area contributed by atoms with Crippen molar-refractivity contribution >= 4 is 22.1 Å². The van der Waals surface area contributed by atoms with E-state index in [1.807, 2.05) is 0 Å². The number of halogens is 3. The van der Waals surface area contributed by atoms with Crippen LogP contribution in [0.1, 0.15) is 45.3 Å². The number of thiophene rings is 1. The van der Waals surface area contributed by atoms with E-state index in [2.05, 4.69) is 6.92 Å². The summed E-state index contributed by atoms with van der Waals surface area (Å²) >= 11 is 1.39. The first kappa shape index (κ1) is 16.1. The molecule has 0 radical (unpaired) electrons. The third-order valence-corrected chi connectivity index (χ3v) is 5.30. The van der Waals surface area contributed by atoms with Crippen molar-refractivity contribution in [1.82, 2.24) is 0 Å². The lowest BCUT2D eigenvalue weighted by Crippen LogP contribution is -2.13. The SMILES string of the molecule is CC1CCc2c(sc(N)c2C(=O)c2cccc(C(F)(F)F)c2)C1. The highest BCUT2D eigenvalue weighted by Crippen LogP contribution is 2.39. The first-order valence-electron chi connectivity index (χ1n) is 7.39. The molecule has 2 aromatic rings. The van der Waals surface area contributed by atoms with E-state index in [0.717, 1.165) is 41.8 Å². The molecule has 3 rings (SSSR count). The number of carbonyl (C=O) groups excluding carboxylic acids is 1. The van der Waals surface area contributed by atoms with Gasteiger partial charge in [0.2, 0.25) is 0 Å². The zero-order valence-corrected chi connectivity index (χ0v) is 13.4. The number of fused-ring (bicyclic) bond motifs is 1. The molecule has 1 unspecified atom stereocenters.